The highest BCUT2D eigenvalue weighted by molar-refractivity contribution is 14.0. The number of aryl methyl sites for hydroxylation is 2. The van der Waals surface area contributed by atoms with Gasteiger partial charge in [-0.2, -0.15) is 0 Å². The number of amides is 1. The molecule has 0 fully saturated rings. The van der Waals surface area contributed by atoms with Crippen LogP contribution in [0.4, 0.5) is 5.82 Å². The molecule has 0 bridgehead atoms. The van der Waals surface area contributed by atoms with E-state index in [-0.39, 0.29) is 29.9 Å². The van der Waals surface area contributed by atoms with Gasteiger partial charge < -0.3 is 16.0 Å². The van der Waals surface area contributed by atoms with Crippen LogP contribution in [-0.2, 0) is 11.3 Å². The van der Waals surface area contributed by atoms with Gasteiger partial charge in [0.2, 0.25) is 5.91 Å². The van der Waals surface area contributed by atoms with Crippen LogP contribution in [0.25, 0.3) is 0 Å². The molecule has 0 atom stereocenters. The number of aliphatic imine (C=N–C) groups is 1. The van der Waals surface area contributed by atoms with Gasteiger partial charge in [0.15, 0.2) is 5.96 Å². The zero-order chi connectivity index (χ0) is 18.1. The second-order valence-electron chi connectivity index (χ2n) is 5.51. The minimum Gasteiger partial charge on any atom is -0.357 e. The van der Waals surface area contributed by atoms with Crippen LogP contribution in [0.5, 0.6) is 0 Å². The van der Waals surface area contributed by atoms with Gasteiger partial charge in [-0.1, -0.05) is 6.07 Å². The Morgan fingerprint density at radius 1 is 1.19 bits per heavy atom. The zero-order valence-corrected chi connectivity index (χ0v) is 18.4. The molecule has 0 saturated carbocycles. The fourth-order valence-electron chi connectivity index (χ4n) is 2.00. The van der Waals surface area contributed by atoms with Crippen LogP contribution in [0.1, 0.15) is 28.8 Å². The van der Waals surface area contributed by atoms with Crippen molar-refractivity contribution < 1.29 is 4.79 Å². The fourth-order valence-corrected chi connectivity index (χ4v) is 2.72. The van der Waals surface area contributed by atoms with E-state index in [0.29, 0.717) is 31.3 Å². The van der Waals surface area contributed by atoms with Crippen molar-refractivity contribution in [3.63, 3.8) is 0 Å². The van der Waals surface area contributed by atoms with Crippen LogP contribution in [-0.4, -0.2) is 34.9 Å². The maximum Gasteiger partial charge on any atom is 0.227 e. The van der Waals surface area contributed by atoms with E-state index in [1.807, 2.05) is 33.0 Å². The minimum atomic E-state index is -0.0877. The number of aromatic nitrogens is 2. The lowest BCUT2D eigenvalue weighted by atomic mass is 10.3. The summed E-state index contributed by atoms with van der Waals surface area (Å²) in [5.74, 6) is 1.15. The summed E-state index contributed by atoms with van der Waals surface area (Å²) < 4.78 is 0. The molecule has 0 aliphatic heterocycles. The molecular weight excluding hydrogens is 463 g/mol. The van der Waals surface area contributed by atoms with Gasteiger partial charge in [-0.05, 0) is 32.4 Å². The molecule has 0 saturated heterocycles. The fraction of sp³-hybridized carbons (Fsp3) is 0.412. The molecular formula is C17H25IN6OS. The predicted octanol–water partition coefficient (Wildman–Crippen LogP) is 2.86. The maximum absolute atomic E-state index is 12.0. The number of carbonyl (C=O) groups excluding carboxylic acids is 1. The van der Waals surface area contributed by atoms with Gasteiger partial charge in [0, 0.05) is 36.8 Å². The Morgan fingerprint density at radius 3 is 2.62 bits per heavy atom. The second-order valence-corrected chi connectivity index (χ2v) is 6.82. The molecule has 3 N–H and O–H groups in total. The van der Waals surface area contributed by atoms with E-state index in [9.17, 15) is 4.79 Å². The lowest BCUT2D eigenvalue weighted by Crippen LogP contribution is -2.38. The molecule has 0 aromatic carbocycles. The number of guanidine groups is 1. The number of halogens is 1. The molecule has 0 spiro atoms. The summed E-state index contributed by atoms with van der Waals surface area (Å²) in [5.41, 5.74) is 1.06. The number of anilines is 1. The van der Waals surface area contributed by atoms with Crippen LogP contribution < -0.4 is 16.0 Å². The highest BCUT2D eigenvalue weighted by Gasteiger charge is 2.05. The summed E-state index contributed by atoms with van der Waals surface area (Å²) >= 11 is 1.63. The third kappa shape index (κ3) is 8.09. The molecule has 2 rings (SSSR count). The highest BCUT2D eigenvalue weighted by atomic mass is 127. The van der Waals surface area contributed by atoms with E-state index in [1.54, 1.807) is 23.6 Å². The SMILES string of the molecule is CCNC(=NCc1ncc(C)s1)NCCC(=O)Nc1ccc(C)cn1.I. The van der Waals surface area contributed by atoms with E-state index >= 15 is 0 Å². The van der Waals surface area contributed by atoms with Crippen molar-refractivity contribution in [2.75, 3.05) is 18.4 Å². The number of carbonyl (C=O) groups is 1. The van der Waals surface area contributed by atoms with Crippen molar-refractivity contribution in [2.24, 2.45) is 4.99 Å². The second kappa shape index (κ2) is 11.8. The largest absolute Gasteiger partial charge is 0.357 e. The molecule has 0 radical (unpaired) electrons. The molecule has 0 aliphatic carbocycles. The number of rotatable bonds is 7. The summed E-state index contributed by atoms with van der Waals surface area (Å²) in [5, 5.41) is 10.1. The molecule has 1 amide bonds. The molecule has 26 heavy (non-hydrogen) atoms. The molecule has 2 aromatic rings. The van der Waals surface area contributed by atoms with Crippen molar-refractivity contribution in [1.29, 1.82) is 0 Å². The minimum absolute atomic E-state index is 0. The van der Waals surface area contributed by atoms with Gasteiger partial charge in [0.25, 0.3) is 0 Å². The Kier molecular flexibility index (Phi) is 10.1. The summed E-state index contributed by atoms with van der Waals surface area (Å²) in [7, 11) is 0. The molecule has 2 heterocycles. The topological polar surface area (TPSA) is 91.3 Å². The number of nitrogens with one attached hydrogen (secondary N) is 3. The third-order valence-electron chi connectivity index (χ3n) is 3.21. The van der Waals surface area contributed by atoms with Crippen molar-refractivity contribution in [3.05, 3.63) is 40.0 Å². The van der Waals surface area contributed by atoms with Crippen LogP contribution in [0.2, 0.25) is 0 Å². The third-order valence-corrected chi connectivity index (χ3v) is 4.11. The van der Waals surface area contributed by atoms with Crippen LogP contribution in [0, 0.1) is 13.8 Å². The zero-order valence-electron chi connectivity index (χ0n) is 15.2. The smallest absolute Gasteiger partial charge is 0.227 e. The first-order valence-corrected chi connectivity index (χ1v) is 9.04. The van der Waals surface area contributed by atoms with Gasteiger partial charge in [-0.3, -0.25) is 4.79 Å². The first kappa shape index (κ1) is 22.3. The van der Waals surface area contributed by atoms with Gasteiger partial charge in [0.1, 0.15) is 10.8 Å². The summed E-state index contributed by atoms with van der Waals surface area (Å²) in [6, 6.07) is 3.71. The van der Waals surface area contributed by atoms with Gasteiger partial charge in [0.05, 0.1) is 6.54 Å². The van der Waals surface area contributed by atoms with E-state index in [4.69, 9.17) is 0 Å². The van der Waals surface area contributed by atoms with Crippen LogP contribution >= 0.6 is 35.3 Å². The average Bonchev–Trinajstić information content (AvgIpc) is 3.00. The molecule has 0 aliphatic rings. The maximum atomic E-state index is 12.0. The number of hydrogen-bond acceptors (Lipinski definition) is 5. The number of nitrogens with zero attached hydrogens (tertiary/aromatic N) is 3. The van der Waals surface area contributed by atoms with Crippen LogP contribution in [0.3, 0.4) is 0 Å². The summed E-state index contributed by atoms with van der Waals surface area (Å²) in [4.78, 5) is 26.1. The van der Waals surface area contributed by atoms with Crippen molar-refractivity contribution in [3.8, 4) is 0 Å². The van der Waals surface area contributed by atoms with E-state index < -0.39 is 0 Å². The Morgan fingerprint density at radius 2 is 2.00 bits per heavy atom. The predicted molar refractivity (Wildman–Crippen MR) is 117 cm³/mol. The van der Waals surface area contributed by atoms with Crippen molar-refractivity contribution in [1.82, 2.24) is 20.6 Å². The first-order valence-electron chi connectivity index (χ1n) is 8.23. The lowest BCUT2D eigenvalue weighted by molar-refractivity contribution is -0.116. The van der Waals surface area contributed by atoms with Crippen molar-refractivity contribution in [2.45, 2.75) is 33.7 Å². The van der Waals surface area contributed by atoms with E-state index in [1.165, 1.54) is 4.88 Å². The quantitative estimate of drug-likeness (QED) is 0.317. The number of hydrogen-bond donors (Lipinski definition) is 3. The monoisotopic (exact) mass is 488 g/mol. The molecule has 7 nitrogen and oxygen atoms in total. The highest BCUT2D eigenvalue weighted by Crippen LogP contribution is 2.11. The molecule has 2 aromatic heterocycles. The number of pyridine rings is 1. The van der Waals surface area contributed by atoms with Crippen molar-refractivity contribution >= 4 is 53.0 Å². The summed E-state index contributed by atoms with van der Waals surface area (Å²) in [6.07, 6.45) is 3.90. The first-order chi connectivity index (χ1) is 12.1. The van der Waals surface area contributed by atoms with Crippen LogP contribution in [0.15, 0.2) is 29.5 Å². The summed E-state index contributed by atoms with van der Waals surface area (Å²) in [6.45, 7) is 7.74. The van der Waals surface area contributed by atoms with E-state index in [2.05, 4.69) is 30.9 Å². The Hall–Kier alpha value is -1.75. The average molecular weight is 488 g/mol. The Balaban J connectivity index is 0.00000338. The van der Waals surface area contributed by atoms with Gasteiger partial charge in [-0.25, -0.2) is 15.0 Å². The molecule has 0 unspecified atom stereocenters. The normalized spacial score (nSPS) is 10.8. The van der Waals surface area contributed by atoms with Gasteiger partial charge in [-0.15, -0.1) is 35.3 Å². The van der Waals surface area contributed by atoms with Gasteiger partial charge >= 0.3 is 0 Å². The Bertz CT molecular complexity index is 716. The Labute approximate surface area is 175 Å². The standard InChI is InChI=1S/C17H24N6OS.HI/c1-4-18-17(22-11-16-21-10-13(3)25-16)19-8-7-15(24)23-14-6-5-12(2)9-20-14;/h5-6,9-10H,4,7-8,11H2,1-3H3,(H2,18,19,22)(H,20,23,24);1H. The van der Waals surface area contributed by atoms with E-state index in [0.717, 1.165) is 17.1 Å². The molecule has 9 heteroatoms. The molecule has 142 valence electrons. The lowest BCUT2D eigenvalue weighted by Gasteiger charge is -2.11. The number of thiazole rings is 1.